The van der Waals surface area contributed by atoms with Gasteiger partial charge in [-0.25, -0.2) is 4.39 Å². The van der Waals surface area contributed by atoms with Gasteiger partial charge in [0.25, 0.3) is 11.8 Å². The van der Waals surface area contributed by atoms with Crippen LogP contribution in [0.5, 0.6) is 5.75 Å². The fourth-order valence-corrected chi connectivity index (χ4v) is 4.91. The molecule has 1 aliphatic heterocycles. The third kappa shape index (κ3) is 6.02. The number of carbonyl (C=O) groups is 2. The van der Waals surface area contributed by atoms with E-state index in [1.165, 1.54) is 12.1 Å². The molecule has 1 atom stereocenters. The predicted octanol–water partition coefficient (Wildman–Crippen LogP) is 5.78. The molecule has 40 heavy (non-hydrogen) atoms. The summed E-state index contributed by atoms with van der Waals surface area (Å²) in [7, 11) is 1.56. The summed E-state index contributed by atoms with van der Waals surface area (Å²) in [6.07, 6.45) is 2.17. The van der Waals surface area contributed by atoms with Gasteiger partial charge in [0.2, 0.25) is 0 Å². The summed E-state index contributed by atoms with van der Waals surface area (Å²) >= 11 is 0. The predicted molar refractivity (Wildman–Crippen MR) is 154 cm³/mol. The number of hydrogen-bond donors (Lipinski definition) is 3. The zero-order valence-corrected chi connectivity index (χ0v) is 23.0. The van der Waals surface area contributed by atoms with E-state index >= 15 is 0 Å². The summed E-state index contributed by atoms with van der Waals surface area (Å²) in [6.45, 7) is 6.15. The molecule has 1 aliphatic rings. The third-order valence-electron chi connectivity index (χ3n) is 7.03. The molecule has 0 spiro atoms. The molecule has 0 aliphatic carbocycles. The van der Waals surface area contributed by atoms with Crippen molar-refractivity contribution in [3.8, 4) is 28.2 Å². The smallest absolute Gasteiger partial charge is 0.255 e. The van der Waals surface area contributed by atoms with Gasteiger partial charge in [0.15, 0.2) is 0 Å². The molecule has 3 aromatic carbocycles. The first-order valence-corrected chi connectivity index (χ1v) is 13.7. The fraction of sp³-hybridized carbons (Fsp3) is 0.312. The van der Waals surface area contributed by atoms with Gasteiger partial charge >= 0.3 is 0 Å². The molecule has 8 heteroatoms. The number of amides is 2. The average molecular weight is 544 g/mol. The van der Waals surface area contributed by atoms with Crippen LogP contribution in [0, 0.1) is 11.7 Å². The number of carbonyl (C=O) groups excluding carboxylic acids is 2. The van der Waals surface area contributed by atoms with Gasteiger partial charge in [0, 0.05) is 36.1 Å². The third-order valence-corrected chi connectivity index (χ3v) is 7.03. The lowest BCUT2D eigenvalue weighted by Crippen LogP contribution is -2.28. The Balaban J connectivity index is 1.57. The van der Waals surface area contributed by atoms with Crippen LogP contribution in [0.25, 0.3) is 33.4 Å². The van der Waals surface area contributed by atoms with E-state index in [0.717, 1.165) is 30.5 Å². The lowest BCUT2D eigenvalue weighted by atomic mass is 9.98. The van der Waals surface area contributed by atoms with Gasteiger partial charge in [0.05, 0.1) is 5.56 Å². The Kier molecular flexibility index (Phi) is 8.16. The lowest BCUT2D eigenvalue weighted by molar-refractivity contribution is 0.0945. The highest BCUT2D eigenvalue weighted by Gasteiger charge is 2.23. The molecule has 1 aromatic heterocycles. The SMILES string of the molecule is CNC(=O)c1c(-c2ccc(F)cc2)oc2ccc(-c3cc(OC[C@@H]4CCCN4)cc(C(=O)NCC(C)C)c3)cc12. The summed E-state index contributed by atoms with van der Waals surface area (Å²) in [5.74, 6) is 0.424. The van der Waals surface area contributed by atoms with Crippen LogP contribution >= 0.6 is 0 Å². The van der Waals surface area contributed by atoms with Gasteiger partial charge in [-0.15, -0.1) is 0 Å². The number of furan rings is 1. The summed E-state index contributed by atoms with van der Waals surface area (Å²) in [5.41, 5.74) is 3.56. The van der Waals surface area contributed by atoms with Crippen LogP contribution in [0.4, 0.5) is 4.39 Å². The highest BCUT2D eigenvalue weighted by molar-refractivity contribution is 6.12. The van der Waals surface area contributed by atoms with E-state index in [2.05, 4.69) is 16.0 Å². The Morgan fingerprint density at radius 3 is 2.50 bits per heavy atom. The molecule has 0 radical (unpaired) electrons. The second-order valence-corrected chi connectivity index (χ2v) is 10.6. The molecular weight excluding hydrogens is 509 g/mol. The average Bonchev–Trinajstić information content (AvgIpc) is 3.62. The molecule has 0 bridgehead atoms. The van der Waals surface area contributed by atoms with Crippen LogP contribution < -0.4 is 20.7 Å². The Morgan fingerprint density at radius 2 is 1.80 bits per heavy atom. The number of halogens is 1. The minimum absolute atomic E-state index is 0.173. The van der Waals surface area contributed by atoms with Crippen molar-refractivity contribution in [1.82, 2.24) is 16.0 Å². The summed E-state index contributed by atoms with van der Waals surface area (Å²) in [4.78, 5) is 26.1. The summed E-state index contributed by atoms with van der Waals surface area (Å²) in [6, 6.07) is 17.2. The van der Waals surface area contributed by atoms with Gasteiger partial charge < -0.3 is 25.1 Å². The maximum Gasteiger partial charge on any atom is 0.255 e. The number of hydrogen-bond acceptors (Lipinski definition) is 5. The largest absolute Gasteiger partial charge is 0.492 e. The molecule has 0 unspecified atom stereocenters. The maximum absolute atomic E-state index is 13.6. The lowest BCUT2D eigenvalue weighted by Gasteiger charge is -2.15. The van der Waals surface area contributed by atoms with Crippen LogP contribution in [0.15, 0.2) is 65.1 Å². The fourth-order valence-electron chi connectivity index (χ4n) is 4.91. The first kappa shape index (κ1) is 27.4. The van der Waals surface area contributed by atoms with Gasteiger partial charge in [-0.3, -0.25) is 9.59 Å². The Bertz CT molecular complexity index is 1520. The van der Waals surface area contributed by atoms with Crippen LogP contribution in [0.3, 0.4) is 0 Å². The van der Waals surface area contributed by atoms with Crippen LogP contribution in [-0.4, -0.2) is 44.6 Å². The van der Waals surface area contributed by atoms with Gasteiger partial charge in [0.1, 0.15) is 29.5 Å². The molecule has 0 saturated carbocycles. The molecule has 7 nitrogen and oxygen atoms in total. The van der Waals surface area contributed by atoms with Crippen molar-refractivity contribution in [2.24, 2.45) is 5.92 Å². The van der Waals surface area contributed by atoms with Crippen molar-refractivity contribution in [1.29, 1.82) is 0 Å². The molecule has 4 aromatic rings. The second-order valence-electron chi connectivity index (χ2n) is 10.6. The van der Waals surface area contributed by atoms with Crippen LogP contribution in [0.2, 0.25) is 0 Å². The van der Waals surface area contributed by atoms with Crippen molar-refractivity contribution in [2.75, 3.05) is 26.7 Å². The van der Waals surface area contributed by atoms with Crippen molar-refractivity contribution in [3.05, 3.63) is 77.6 Å². The summed E-state index contributed by atoms with van der Waals surface area (Å²) < 4.78 is 25.8. The van der Waals surface area contributed by atoms with E-state index < -0.39 is 0 Å². The molecule has 1 saturated heterocycles. The zero-order chi connectivity index (χ0) is 28.2. The highest BCUT2D eigenvalue weighted by Crippen LogP contribution is 2.37. The Labute approximate surface area is 233 Å². The molecule has 2 amide bonds. The van der Waals surface area contributed by atoms with Gasteiger partial charge in [-0.1, -0.05) is 19.9 Å². The number of ether oxygens (including phenoxy) is 1. The van der Waals surface area contributed by atoms with E-state index in [4.69, 9.17) is 9.15 Å². The number of nitrogens with one attached hydrogen (secondary N) is 3. The minimum atomic E-state index is -0.373. The Hall–Kier alpha value is -4.17. The summed E-state index contributed by atoms with van der Waals surface area (Å²) in [5, 5.41) is 9.72. The van der Waals surface area contributed by atoms with E-state index in [9.17, 15) is 14.0 Å². The molecule has 208 valence electrons. The normalized spacial score (nSPS) is 15.0. The van der Waals surface area contributed by atoms with Crippen molar-refractivity contribution in [3.63, 3.8) is 0 Å². The quantitative estimate of drug-likeness (QED) is 0.249. The molecule has 5 rings (SSSR count). The molecular formula is C32H34FN3O4. The van der Waals surface area contributed by atoms with E-state index in [-0.39, 0.29) is 23.7 Å². The second kappa shape index (κ2) is 11.9. The van der Waals surface area contributed by atoms with E-state index in [1.54, 1.807) is 31.3 Å². The Morgan fingerprint density at radius 1 is 1.02 bits per heavy atom. The van der Waals surface area contributed by atoms with Crippen LogP contribution in [0.1, 0.15) is 47.4 Å². The zero-order valence-electron chi connectivity index (χ0n) is 23.0. The van der Waals surface area contributed by atoms with Crippen molar-refractivity contribution >= 4 is 22.8 Å². The first-order valence-electron chi connectivity index (χ1n) is 13.7. The first-order chi connectivity index (χ1) is 19.3. The molecule has 3 N–H and O–H groups in total. The highest BCUT2D eigenvalue weighted by atomic mass is 19.1. The topological polar surface area (TPSA) is 92.6 Å². The molecule has 2 heterocycles. The number of fused-ring (bicyclic) bond motifs is 1. The maximum atomic E-state index is 13.6. The van der Waals surface area contributed by atoms with Crippen molar-refractivity contribution < 1.29 is 23.1 Å². The van der Waals surface area contributed by atoms with Crippen molar-refractivity contribution in [2.45, 2.75) is 32.7 Å². The van der Waals surface area contributed by atoms with Gasteiger partial charge in [-0.05, 0) is 91.0 Å². The van der Waals surface area contributed by atoms with Crippen LogP contribution in [-0.2, 0) is 0 Å². The van der Waals surface area contributed by atoms with E-state index in [0.29, 0.717) is 58.2 Å². The number of benzene rings is 3. The monoisotopic (exact) mass is 543 g/mol. The minimum Gasteiger partial charge on any atom is -0.492 e. The van der Waals surface area contributed by atoms with Gasteiger partial charge in [-0.2, -0.15) is 0 Å². The standard InChI is InChI=1S/C32H34FN3O4/c1-19(2)17-36-31(37)23-13-22(14-26(15-23)39-18-25-5-4-12-35-25)21-8-11-28-27(16-21)29(32(38)34-3)30(40-28)20-6-9-24(33)10-7-20/h6-11,13-16,19,25,35H,4-5,12,17-18H2,1-3H3,(H,34,38)(H,36,37)/t25-/m0/s1. The molecule has 1 fully saturated rings. The van der Waals surface area contributed by atoms with E-state index in [1.807, 2.05) is 38.1 Å². The number of rotatable bonds is 9.